The van der Waals surface area contributed by atoms with Gasteiger partial charge < -0.3 is 19.9 Å². The number of piperidine rings is 1. The van der Waals surface area contributed by atoms with E-state index in [1.165, 1.54) is 11.1 Å². The van der Waals surface area contributed by atoms with E-state index in [9.17, 15) is 9.90 Å². The minimum atomic E-state index is -0.417. The highest BCUT2D eigenvalue weighted by Crippen LogP contribution is 2.59. The van der Waals surface area contributed by atoms with Gasteiger partial charge in [-0.25, -0.2) is 4.98 Å². The Labute approximate surface area is 207 Å². The number of benzene rings is 1. The number of aliphatic hydroxyl groups is 1. The molecule has 1 saturated carbocycles. The molecule has 2 aromatic rings. The van der Waals surface area contributed by atoms with Crippen LogP contribution in [0.1, 0.15) is 56.1 Å². The summed E-state index contributed by atoms with van der Waals surface area (Å²) >= 11 is 0. The molecule has 4 aliphatic rings. The number of aliphatic hydroxyl groups excluding tert-OH is 1. The largest absolute Gasteiger partial charge is 0.389 e. The predicted molar refractivity (Wildman–Crippen MR) is 134 cm³/mol. The normalized spacial score (nSPS) is 31.2. The Bertz CT molecular complexity index is 1120. The molecule has 0 bridgehead atoms. The van der Waals surface area contributed by atoms with Crippen LogP contribution < -0.4 is 5.32 Å². The highest BCUT2D eigenvalue weighted by atomic mass is 16.5. The van der Waals surface area contributed by atoms with Crippen LogP contribution in [0.3, 0.4) is 0 Å². The lowest BCUT2D eigenvalue weighted by Gasteiger charge is -2.44. The smallest absolute Gasteiger partial charge is 0.229 e. The minimum Gasteiger partial charge on any atom is -0.389 e. The first-order chi connectivity index (χ1) is 16.9. The van der Waals surface area contributed by atoms with Crippen LogP contribution in [-0.4, -0.2) is 72.1 Å². The van der Waals surface area contributed by atoms with Crippen molar-refractivity contribution in [1.29, 1.82) is 0 Å². The van der Waals surface area contributed by atoms with E-state index in [-0.39, 0.29) is 22.8 Å². The molecule has 3 atom stereocenters. The number of nitrogens with one attached hydrogen (secondary N) is 1. The van der Waals surface area contributed by atoms with Gasteiger partial charge in [0.2, 0.25) is 5.91 Å². The maximum Gasteiger partial charge on any atom is 0.229 e. The first-order valence-corrected chi connectivity index (χ1v) is 13.2. The fourth-order valence-electron chi connectivity index (χ4n) is 6.75. The standard InChI is InChI=1S/C28H37N3O4/c1-18-11-21-15-29-25(30-26(33)23-14-28(23)5-9-34-10-6-28)13-20(21)12-22(18)19-3-7-31(8-4-19)27(2)17-35-16-24(27)32/h11-13,15,19,23-24,32H,3-10,14,16-17H2,1-2H3,(H,29,30,33)/t23-,24+,27-/m1/s1. The molecule has 7 heteroatoms. The highest BCUT2D eigenvalue weighted by molar-refractivity contribution is 5.96. The van der Waals surface area contributed by atoms with Crippen LogP contribution in [0.15, 0.2) is 24.4 Å². The number of aromatic nitrogens is 1. The summed E-state index contributed by atoms with van der Waals surface area (Å²) in [6, 6.07) is 6.55. The lowest BCUT2D eigenvalue weighted by atomic mass is 9.83. The average Bonchev–Trinajstić information content (AvgIpc) is 3.44. The fourth-order valence-corrected chi connectivity index (χ4v) is 6.75. The van der Waals surface area contributed by atoms with Crippen LogP contribution in [-0.2, 0) is 14.3 Å². The van der Waals surface area contributed by atoms with E-state index in [4.69, 9.17) is 9.47 Å². The number of anilines is 1. The summed E-state index contributed by atoms with van der Waals surface area (Å²) in [5, 5.41) is 15.8. The van der Waals surface area contributed by atoms with Gasteiger partial charge >= 0.3 is 0 Å². The lowest BCUT2D eigenvalue weighted by molar-refractivity contribution is -0.118. The van der Waals surface area contributed by atoms with Crippen molar-refractivity contribution in [2.24, 2.45) is 11.3 Å². The molecular weight excluding hydrogens is 442 g/mol. The molecule has 188 valence electrons. The molecule has 1 spiro atoms. The van der Waals surface area contributed by atoms with Gasteiger partial charge in [0.15, 0.2) is 0 Å². The number of hydrogen-bond acceptors (Lipinski definition) is 6. The first-order valence-electron chi connectivity index (χ1n) is 13.2. The Balaban J connectivity index is 1.15. The van der Waals surface area contributed by atoms with E-state index in [2.05, 4.69) is 41.2 Å². The Morgan fingerprint density at radius 3 is 2.63 bits per heavy atom. The topological polar surface area (TPSA) is 83.9 Å². The molecule has 2 N–H and O–H groups in total. The van der Waals surface area contributed by atoms with Crippen LogP contribution in [0.2, 0.25) is 0 Å². The highest BCUT2D eigenvalue weighted by Gasteiger charge is 2.58. The van der Waals surface area contributed by atoms with Crippen LogP contribution in [0.5, 0.6) is 0 Å². The van der Waals surface area contributed by atoms with E-state index >= 15 is 0 Å². The zero-order chi connectivity index (χ0) is 24.2. The summed E-state index contributed by atoms with van der Waals surface area (Å²) in [6.45, 7) is 8.82. The van der Waals surface area contributed by atoms with Gasteiger partial charge in [0.1, 0.15) is 5.82 Å². The van der Waals surface area contributed by atoms with Gasteiger partial charge in [0.25, 0.3) is 0 Å². The number of rotatable bonds is 4. The molecule has 0 unspecified atom stereocenters. The molecule has 6 rings (SSSR count). The second-order valence-corrected chi connectivity index (χ2v) is 11.5. The monoisotopic (exact) mass is 479 g/mol. The number of likely N-dealkylation sites (tertiary alicyclic amines) is 1. The van der Waals surface area contributed by atoms with E-state index < -0.39 is 6.10 Å². The average molecular weight is 480 g/mol. The molecule has 3 saturated heterocycles. The van der Waals surface area contributed by atoms with Gasteiger partial charge in [-0.3, -0.25) is 9.69 Å². The molecule has 3 aliphatic heterocycles. The van der Waals surface area contributed by atoms with E-state index in [1.54, 1.807) is 0 Å². The van der Waals surface area contributed by atoms with Crippen molar-refractivity contribution in [1.82, 2.24) is 9.88 Å². The number of aryl methyl sites for hydroxylation is 1. The maximum atomic E-state index is 12.9. The van der Waals surface area contributed by atoms with E-state index in [1.807, 2.05) is 12.3 Å². The van der Waals surface area contributed by atoms with Gasteiger partial charge in [-0.15, -0.1) is 0 Å². The first kappa shape index (κ1) is 23.3. The summed E-state index contributed by atoms with van der Waals surface area (Å²) in [4.78, 5) is 19.9. The Kier molecular flexibility index (Phi) is 5.87. The summed E-state index contributed by atoms with van der Waals surface area (Å²) in [6.07, 6.45) is 6.54. The summed E-state index contributed by atoms with van der Waals surface area (Å²) in [5.41, 5.74) is 2.57. The summed E-state index contributed by atoms with van der Waals surface area (Å²) in [7, 11) is 0. The van der Waals surface area contributed by atoms with Crippen molar-refractivity contribution >= 4 is 22.5 Å². The number of carbonyl (C=O) groups excluding carboxylic acids is 1. The molecule has 4 fully saturated rings. The second-order valence-electron chi connectivity index (χ2n) is 11.5. The van der Waals surface area contributed by atoms with Gasteiger partial charge in [-0.05, 0) is 99.0 Å². The minimum absolute atomic E-state index is 0.0910. The van der Waals surface area contributed by atoms with Crippen molar-refractivity contribution in [3.63, 3.8) is 0 Å². The zero-order valence-electron chi connectivity index (χ0n) is 20.9. The Hall–Kier alpha value is -2.06. The molecule has 4 heterocycles. The number of ether oxygens (including phenoxy) is 2. The number of carbonyl (C=O) groups is 1. The molecule has 0 radical (unpaired) electrons. The SMILES string of the molecule is Cc1cc2cnc(NC(=O)[C@H]3CC34CCOCC4)cc2cc1C1CCN([C@]2(C)COC[C@@H]2O)CC1. The third kappa shape index (κ3) is 4.16. The quantitative estimate of drug-likeness (QED) is 0.697. The van der Waals surface area contributed by atoms with Crippen molar-refractivity contribution < 1.29 is 19.4 Å². The van der Waals surface area contributed by atoms with Crippen molar-refractivity contribution in [2.45, 2.75) is 63.5 Å². The van der Waals surface area contributed by atoms with Crippen LogP contribution >= 0.6 is 0 Å². The van der Waals surface area contributed by atoms with Crippen molar-refractivity contribution in [3.8, 4) is 0 Å². The number of nitrogens with zero attached hydrogens (tertiary/aromatic N) is 2. The summed E-state index contributed by atoms with van der Waals surface area (Å²) < 4.78 is 11.0. The maximum absolute atomic E-state index is 12.9. The van der Waals surface area contributed by atoms with Crippen LogP contribution in [0.4, 0.5) is 5.82 Å². The number of amides is 1. The third-order valence-electron chi connectivity index (χ3n) is 9.40. The molecular formula is C28H37N3O4. The molecule has 1 amide bonds. The number of fused-ring (bicyclic) bond motifs is 1. The fraction of sp³-hybridized carbons (Fsp3) is 0.643. The molecule has 7 nitrogen and oxygen atoms in total. The lowest BCUT2D eigenvalue weighted by Crippen LogP contribution is -2.56. The second kappa shape index (κ2) is 8.80. The van der Waals surface area contributed by atoms with Gasteiger partial charge in [-0.1, -0.05) is 6.07 Å². The van der Waals surface area contributed by atoms with Gasteiger partial charge in [0.05, 0.1) is 24.9 Å². The van der Waals surface area contributed by atoms with Gasteiger partial charge in [0, 0.05) is 30.7 Å². The zero-order valence-corrected chi connectivity index (χ0v) is 20.9. The number of pyridine rings is 1. The molecule has 35 heavy (non-hydrogen) atoms. The van der Waals surface area contributed by atoms with Gasteiger partial charge in [-0.2, -0.15) is 0 Å². The van der Waals surface area contributed by atoms with E-state index in [0.29, 0.717) is 24.9 Å². The van der Waals surface area contributed by atoms with Crippen molar-refractivity contribution in [2.75, 3.05) is 44.8 Å². The Morgan fingerprint density at radius 1 is 1.14 bits per heavy atom. The predicted octanol–water partition coefficient (Wildman–Crippen LogP) is 3.63. The Morgan fingerprint density at radius 2 is 1.91 bits per heavy atom. The van der Waals surface area contributed by atoms with Crippen LogP contribution in [0, 0.1) is 18.3 Å². The molecule has 1 aliphatic carbocycles. The van der Waals surface area contributed by atoms with Crippen LogP contribution in [0.25, 0.3) is 10.8 Å². The molecule has 1 aromatic heterocycles. The van der Waals surface area contributed by atoms with E-state index in [0.717, 1.165) is 69.2 Å². The summed E-state index contributed by atoms with van der Waals surface area (Å²) in [5.74, 6) is 1.33. The van der Waals surface area contributed by atoms with Crippen molar-refractivity contribution in [3.05, 3.63) is 35.5 Å². The third-order valence-corrected chi connectivity index (χ3v) is 9.40. The number of hydrogen-bond donors (Lipinski definition) is 2. The molecule has 1 aromatic carbocycles.